The third-order valence-electron chi connectivity index (χ3n) is 3.47. The summed E-state index contributed by atoms with van der Waals surface area (Å²) in [5.74, 6) is 0. The SMILES string of the molecule is CC1C(O)C[C@@H](C)N1C(=O)OCc1ccccc1. The molecule has 1 fully saturated rings. The van der Waals surface area contributed by atoms with Crippen LogP contribution in [0.4, 0.5) is 4.79 Å². The summed E-state index contributed by atoms with van der Waals surface area (Å²) in [6, 6.07) is 9.42. The number of aliphatic hydroxyl groups is 1. The predicted molar refractivity (Wildman–Crippen MR) is 68.0 cm³/mol. The molecule has 3 atom stereocenters. The summed E-state index contributed by atoms with van der Waals surface area (Å²) in [6.07, 6.45) is -0.193. The molecule has 0 aliphatic carbocycles. The molecule has 2 rings (SSSR count). The highest BCUT2D eigenvalue weighted by molar-refractivity contribution is 5.69. The average molecular weight is 249 g/mol. The van der Waals surface area contributed by atoms with E-state index in [4.69, 9.17) is 4.74 Å². The second kappa shape index (κ2) is 5.40. The van der Waals surface area contributed by atoms with Crippen molar-refractivity contribution in [3.8, 4) is 0 Å². The largest absolute Gasteiger partial charge is 0.445 e. The fourth-order valence-corrected chi connectivity index (χ4v) is 2.39. The van der Waals surface area contributed by atoms with Crippen molar-refractivity contribution < 1.29 is 14.6 Å². The Labute approximate surface area is 107 Å². The molecule has 0 saturated carbocycles. The zero-order valence-corrected chi connectivity index (χ0v) is 10.7. The molecule has 0 spiro atoms. The number of likely N-dealkylation sites (tertiary alicyclic amines) is 1. The van der Waals surface area contributed by atoms with E-state index in [0.29, 0.717) is 6.42 Å². The minimum atomic E-state index is -0.454. The summed E-state index contributed by atoms with van der Waals surface area (Å²) in [4.78, 5) is 13.6. The maximum absolute atomic E-state index is 12.0. The van der Waals surface area contributed by atoms with Gasteiger partial charge in [0, 0.05) is 6.04 Å². The molecule has 1 aromatic rings. The van der Waals surface area contributed by atoms with Gasteiger partial charge in [0.2, 0.25) is 0 Å². The minimum Gasteiger partial charge on any atom is -0.445 e. The topological polar surface area (TPSA) is 49.8 Å². The van der Waals surface area contributed by atoms with Gasteiger partial charge < -0.3 is 14.7 Å². The van der Waals surface area contributed by atoms with Crippen LogP contribution in [0.25, 0.3) is 0 Å². The van der Waals surface area contributed by atoms with Gasteiger partial charge in [0.25, 0.3) is 0 Å². The van der Waals surface area contributed by atoms with Gasteiger partial charge in [-0.1, -0.05) is 30.3 Å². The molecule has 0 bridgehead atoms. The van der Waals surface area contributed by atoms with Crippen LogP contribution in [0.3, 0.4) is 0 Å². The minimum absolute atomic E-state index is 0.0262. The number of ether oxygens (including phenoxy) is 1. The number of benzene rings is 1. The number of carbonyl (C=O) groups is 1. The van der Waals surface area contributed by atoms with Crippen LogP contribution >= 0.6 is 0 Å². The molecule has 98 valence electrons. The molecular weight excluding hydrogens is 230 g/mol. The van der Waals surface area contributed by atoms with Crippen molar-refractivity contribution in [2.75, 3.05) is 0 Å². The van der Waals surface area contributed by atoms with Gasteiger partial charge in [-0.05, 0) is 25.8 Å². The van der Waals surface area contributed by atoms with Gasteiger partial charge in [-0.25, -0.2) is 4.79 Å². The van der Waals surface area contributed by atoms with E-state index in [1.54, 1.807) is 4.90 Å². The molecule has 4 nitrogen and oxygen atoms in total. The maximum atomic E-state index is 12.0. The Morgan fingerprint density at radius 3 is 2.61 bits per heavy atom. The molecule has 4 heteroatoms. The van der Waals surface area contributed by atoms with Gasteiger partial charge in [0.1, 0.15) is 6.61 Å². The Morgan fingerprint density at radius 1 is 1.39 bits per heavy atom. The van der Waals surface area contributed by atoms with E-state index in [0.717, 1.165) is 5.56 Å². The zero-order valence-electron chi connectivity index (χ0n) is 10.7. The standard InChI is InChI=1S/C14H19NO3/c1-10-8-13(16)11(2)15(10)14(17)18-9-12-6-4-3-5-7-12/h3-7,10-11,13,16H,8-9H2,1-2H3/t10-,11?,13?/m1/s1. The van der Waals surface area contributed by atoms with E-state index in [-0.39, 0.29) is 24.8 Å². The lowest BCUT2D eigenvalue weighted by Crippen LogP contribution is -2.40. The quantitative estimate of drug-likeness (QED) is 0.874. The summed E-state index contributed by atoms with van der Waals surface area (Å²) in [6.45, 7) is 4.04. The Balaban J connectivity index is 1.92. The number of carbonyl (C=O) groups excluding carboxylic acids is 1. The molecule has 18 heavy (non-hydrogen) atoms. The van der Waals surface area contributed by atoms with Crippen molar-refractivity contribution in [1.29, 1.82) is 0 Å². The molecule has 1 heterocycles. The third kappa shape index (κ3) is 2.64. The first-order valence-electron chi connectivity index (χ1n) is 6.26. The maximum Gasteiger partial charge on any atom is 0.410 e. The van der Waals surface area contributed by atoms with Crippen molar-refractivity contribution in [3.63, 3.8) is 0 Å². The number of rotatable bonds is 2. The predicted octanol–water partition coefficient (Wildman–Crippen LogP) is 2.17. The Bertz CT molecular complexity index is 407. The van der Waals surface area contributed by atoms with Gasteiger partial charge in [0.05, 0.1) is 12.1 Å². The first-order chi connectivity index (χ1) is 8.59. The van der Waals surface area contributed by atoms with Crippen LogP contribution in [0, 0.1) is 0 Å². The average Bonchev–Trinajstić information content (AvgIpc) is 2.62. The van der Waals surface area contributed by atoms with Gasteiger partial charge in [-0.15, -0.1) is 0 Å². The van der Waals surface area contributed by atoms with Crippen LogP contribution in [0.1, 0.15) is 25.8 Å². The lowest BCUT2D eigenvalue weighted by molar-refractivity contribution is 0.0694. The van der Waals surface area contributed by atoms with Crippen molar-refractivity contribution in [1.82, 2.24) is 4.90 Å². The van der Waals surface area contributed by atoms with Crippen molar-refractivity contribution in [2.24, 2.45) is 0 Å². The number of aliphatic hydroxyl groups excluding tert-OH is 1. The lowest BCUT2D eigenvalue weighted by atomic mass is 10.2. The van der Waals surface area contributed by atoms with Gasteiger partial charge in [0.15, 0.2) is 0 Å². The number of amides is 1. The van der Waals surface area contributed by atoms with Crippen molar-refractivity contribution in [2.45, 2.75) is 45.1 Å². The highest BCUT2D eigenvalue weighted by Gasteiger charge is 2.38. The van der Waals surface area contributed by atoms with Crippen molar-refractivity contribution in [3.05, 3.63) is 35.9 Å². The van der Waals surface area contributed by atoms with Gasteiger partial charge >= 0.3 is 6.09 Å². The summed E-state index contributed by atoms with van der Waals surface area (Å²) in [5.41, 5.74) is 0.964. The molecular formula is C14H19NO3. The van der Waals surface area contributed by atoms with Crippen LogP contribution in [0.5, 0.6) is 0 Å². The molecule has 0 aromatic heterocycles. The molecule has 2 unspecified atom stereocenters. The van der Waals surface area contributed by atoms with E-state index in [1.165, 1.54) is 0 Å². The van der Waals surface area contributed by atoms with E-state index in [9.17, 15) is 9.90 Å². The number of nitrogens with zero attached hydrogens (tertiary/aromatic N) is 1. The second-order valence-corrected chi connectivity index (χ2v) is 4.84. The van der Waals surface area contributed by atoms with Crippen LogP contribution in [0.2, 0.25) is 0 Å². The van der Waals surface area contributed by atoms with E-state index in [1.807, 2.05) is 44.2 Å². The third-order valence-corrected chi connectivity index (χ3v) is 3.47. The molecule has 1 aliphatic rings. The first-order valence-corrected chi connectivity index (χ1v) is 6.26. The monoisotopic (exact) mass is 249 g/mol. The summed E-state index contributed by atoms with van der Waals surface area (Å²) in [5, 5.41) is 9.72. The van der Waals surface area contributed by atoms with Crippen LogP contribution in [0.15, 0.2) is 30.3 Å². The van der Waals surface area contributed by atoms with E-state index < -0.39 is 6.10 Å². The second-order valence-electron chi connectivity index (χ2n) is 4.84. The Kier molecular flexibility index (Phi) is 3.87. The molecule has 1 aromatic carbocycles. The molecule has 1 N–H and O–H groups in total. The highest BCUT2D eigenvalue weighted by Crippen LogP contribution is 2.25. The molecule has 1 saturated heterocycles. The smallest absolute Gasteiger partial charge is 0.410 e. The molecule has 1 amide bonds. The number of hydrogen-bond acceptors (Lipinski definition) is 3. The van der Waals surface area contributed by atoms with Crippen molar-refractivity contribution >= 4 is 6.09 Å². The van der Waals surface area contributed by atoms with Gasteiger partial charge in [-0.3, -0.25) is 0 Å². The van der Waals surface area contributed by atoms with Crippen LogP contribution in [-0.4, -0.2) is 34.3 Å². The highest BCUT2D eigenvalue weighted by atomic mass is 16.6. The lowest BCUT2D eigenvalue weighted by Gasteiger charge is -2.25. The summed E-state index contributed by atoms with van der Waals surface area (Å²) in [7, 11) is 0. The number of hydrogen-bond donors (Lipinski definition) is 1. The Morgan fingerprint density at radius 2 is 2.06 bits per heavy atom. The Hall–Kier alpha value is -1.55. The first kappa shape index (κ1) is 12.9. The summed E-state index contributed by atoms with van der Waals surface area (Å²) < 4.78 is 5.28. The molecule has 0 radical (unpaired) electrons. The van der Waals surface area contributed by atoms with Gasteiger partial charge in [-0.2, -0.15) is 0 Å². The van der Waals surface area contributed by atoms with E-state index in [2.05, 4.69) is 0 Å². The van der Waals surface area contributed by atoms with Crippen LogP contribution < -0.4 is 0 Å². The zero-order chi connectivity index (χ0) is 13.1. The normalized spacial score (nSPS) is 27.3. The van der Waals surface area contributed by atoms with Crippen LogP contribution in [-0.2, 0) is 11.3 Å². The summed E-state index contributed by atoms with van der Waals surface area (Å²) >= 11 is 0. The fourth-order valence-electron chi connectivity index (χ4n) is 2.39. The fraction of sp³-hybridized carbons (Fsp3) is 0.500. The molecule has 1 aliphatic heterocycles. The van der Waals surface area contributed by atoms with E-state index >= 15 is 0 Å².